The molecule has 1 N–H and O–H groups in total. The highest BCUT2D eigenvalue weighted by Crippen LogP contribution is 2.29. The molecule has 0 spiro atoms. The van der Waals surface area contributed by atoms with Crippen molar-refractivity contribution in [2.45, 2.75) is 79.2 Å². The number of carbonyl (C=O) groups is 4. The van der Waals surface area contributed by atoms with Gasteiger partial charge < -0.3 is 28.8 Å². The summed E-state index contributed by atoms with van der Waals surface area (Å²) in [5.74, 6) is -9.29. The topological polar surface area (TPSA) is 135 Å². The van der Waals surface area contributed by atoms with E-state index in [1.165, 1.54) is 41.5 Å². The quantitative estimate of drug-likeness (QED) is 0.434. The van der Waals surface area contributed by atoms with E-state index in [1.54, 1.807) is 0 Å². The Morgan fingerprint density at radius 3 is 1.63 bits per heavy atom. The summed E-state index contributed by atoms with van der Waals surface area (Å²) >= 11 is 0. The molecule has 10 nitrogen and oxygen atoms in total. The van der Waals surface area contributed by atoms with Crippen molar-refractivity contribution in [3.63, 3.8) is 0 Å². The maximum Gasteiger partial charge on any atom is 0.308 e. The van der Waals surface area contributed by atoms with Crippen molar-refractivity contribution in [3.8, 4) is 0 Å². The van der Waals surface area contributed by atoms with Crippen LogP contribution in [0, 0.1) is 17.7 Å². The van der Waals surface area contributed by atoms with Gasteiger partial charge in [-0.05, 0) is 0 Å². The van der Waals surface area contributed by atoms with Gasteiger partial charge >= 0.3 is 23.9 Å². The number of hydrogen-bond acceptors (Lipinski definition) is 10. The van der Waals surface area contributed by atoms with Crippen molar-refractivity contribution in [1.82, 2.24) is 0 Å². The Bertz CT molecular complexity index is 751. The molecule has 1 heterocycles. The molecule has 0 amide bonds. The van der Waals surface area contributed by atoms with E-state index in [0.717, 1.165) is 6.92 Å². The second kappa shape index (κ2) is 11.3. The third-order valence-electron chi connectivity index (χ3n) is 4.01. The molecular formula is C20H32O10. The molecule has 1 aliphatic heterocycles. The van der Waals surface area contributed by atoms with Gasteiger partial charge in [-0.25, -0.2) is 0 Å². The Morgan fingerprint density at radius 1 is 0.833 bits per heavy atom. The molecule has 0 aromatic rings. The maximum atomic E-state index is 12.5. The Hall–Kier alpha value is -2.20. The lowest BCUT2D eigenvalue weighted by molar-refractivity contribution is -0.298. The zero-order chi connectivity index (χ0) is 25.9. The molecule has 1 unspecified atom stereocenters. The lowest BCUT2D eigenvalue weighted by Crippen LogP contribution is -2.63. The summed E-state index contributed by atoms with van der Waals surface area (Å²) in [4.78, 5) is 48.6. The van der Waals surface area contributed by atoms with Gasteiger partial charge in [0.05, 0.1) is 17.7 Å². The average Bonchev–Trinajstić information content (AvgIpc) is 2.62. The number of carbonyl (C=O) groups excluding carboxylic acids is 4. The zero-order valence-electron chi connectivity index (χ0n) is 21.2. The molecule has 1 aliphatic rings. The number of aliphatic hydroxyl groups excluding tert-OH is 1. The molecule has 0 aromatic heterocycles. The van der Waals surface area contributed by atoms with Crippen LogP contribution < -0.4 is 0 Å². The van der Waals surface area contributed by atoms with Gasteiger partial charge in [-0.1, -0.05) is 41.5 Å². The fourth-order valence-corrected chi connectivity index (χ4v) is 2.36. The molecule has 0 radical (unpaired) electrons. The van der Waals surface area contributed by atoms with Gasteiger partial charge in [0.2, 0.25) is 0 Å². The second-order valence-electron chi connectivity index (χ2n) is 7.48. The lowest BCUT2D eigenvalue weighted by atomic mass is 9.97. The summed E-state index contributed by atoms with van der Waals surface area (Å²) in [5, 5.41) is 10.5. The first-order valence-electron chi connectivity index (χ1n) is 10.8. The first-order valence-corrected chi connectivity index (χ1v) is 9.35. The first kappa shape index (κ1) is 21.0. The first-order chi connectivity index (χ1) is 14.7. The van der Waals surface area contributed by atoms with Crippen molar-refractivity contribution in [2.75, 3.05) is 6.61 Å². The number of ether oxygens (including phenoxy) is 5. The van der Waals surface area contributed by atoms with Crippen LogP contribution in [0.5, 0.6) is 0 Å². The fourth-order valence-electron chi connectivity index (χ4n) is 2.36. The van der Waals surface area contributed by atoms with E-state index in [2.05, 4.69) is 0 Å². The highest BCUT2D eigenvalue weighted by molar-refractivity contribution is 5.74. The van der Waals surface area contributed by atoms with Gasteiger partial charge in [0.1, 0.15) is 12.7 Å². The lowest BCUT2D eigenvalue weighted by Gasteiger charge is -2.43. The molecule has 1 saturated heterocycles. The van der Waals surface area contributed by atoms with Crippen LogP contribution in [0.25, 0.3) is 0 Å². The summed E-state index contributed by atoms with van der Waals surface area (Å²) in [6, 6.07) is 0. The van der Waals surface area contributed by atoms with Crippen LogP contribution in [-0.4, -0.2) is 66.3 Å². The minimum atomic E-state index is -1.93. The van der Waals surface area contributed by atoms with Crippen LogP contribution in [0.15, 0.2) is 0 Å². The fraction of sp³-hybridized carbons (Fsp3) is 0.800. The van der Waals surface area contributed by atoms with Gasteiger partial charge in [0.25, 0.3) is 0 Å². The number of aliphatic hydroxyl groups is 1. The molecule has 30 heavy (non-hydrogen) atoms. The van der Waals surface area contributed by atoms with Crippen LogP contribution in [0.3, 0.4) is 0 Å². The van der Waals surface area contributed by atoms with Crippen molar-refractivity contribution in [1.29, 1.82) is 0 Å². The van der Waals surface area contributed by atoms with Crippen molar-refractivity contribution in [2.24, 2.45) is 17.7 Å². The number of hydrogen-bond donors (Lipinski definition) is 1. The monoisotopic (exact) mass is 435 g/mol. The van der Waals surface area contributed by atoms with Gasteiger partial charge in [0, 0.05) is 11.0 Å². The Kier molecular flexibility index (Phi) is 7.90. The van der Waals surface area contributed by atoms with Crippen molar-refractivity contribution in [3.05, 3.63) is 0 Å². The zero-order valence-corrected chi connectivity index (χ0v) is 18.2. The summed E-state index contributed by atoms with van der Waals surface area (Å²) in [6.07, 6.45) is -8.36. The van der Waals surface area contributed by atoms with Crippen LogP contribution in [0.2, 0.25) is 0 Å². The molecular weight excluding hydrogens is 400 g/mol. The molecule has 1 fully saturated rings. The second-order valence-corrected chi connectivity index (χ2v) is 7.48. The van der Waals surface area contributed by atoms with Crippen LogP contribution in [-0.2, 0) is 42.9 Å². The highest BCUT2D eigenvalue weighted by Gasteiger charge is 2.52. The molecule has 1 rings (SSSR count). The molecule has 5 atom stereocenters. The molecule has 0 aliphatic carbocycles. The van der Waals surface area contributed by atoms with Gasteiger partial charge in [-0.3, -0.25) is 19.2 Å². The molecule has 0 saturated carbocycles. The Labute approximate surface area is 180 Å². The van der Waals surface area contributed by atoms with Crippen LogP contribution in [0.1, 0.15) is 52.6 Å². The van der Waals surface area contributed by atoms with E-state index < -0.39 is 78.9 Å². The third-order valence-corrected chi connectivity index (χ3v) is 4.01. The van der Waals surface area contributed by atoms with Crippen molar-refractivity contribution < 1.29 is 52.1 Å². The molecule has 0 aromatic carbocycles. The van der Waals surface area contributed by atoms with Gasteiger partial charge in [-0.2, -0.15) is 0 Å². The molecule has 10 heteroatoms. The van der Waals surface area contributed by atoms with E-state index in [4.69, 9.17) is 27.8 Å². The van der Waals surface area contributed by atoms with E-state index >= 15 is 0 Å². The standard InChI is InChI=1S/C20H32O10/c1-9(2)17(22)28-14-13(8-26-12(7)21)27-20(25)16(30-19(24)11(5)6)15(14)29-18(23)10(3)4/h9-11,13-16,20,25H,8H2,1-7H3/t13-,14-,15+,16-,20?/m1/s1/i9D,10D,11D. The van der Waals surface area contributed by atoms with E-state index in [9.17, 15) is 24.3 Å². The minimum absolute atomic E-state index is 0.536. The maximum absolute atomic E-state index is 12.5. The summed E-state index contributed by atoms with van der Waals surface area (Å²) in [6.45, 7) is 7.95. The van der Waals surface area contributed by atoms with E-state index in [-0.39, 0.29) is 0 Å². The number of esters is 4. The average molecular weight is 435 g/mol. The minimum Gasteiger partial charge on any atom is -0.463 e. The van der Waals surface area contributed by atoms with Gasteiger partial charge in [-0.15, -0.1) is 0 Å². The van der Waals surface area contributed by atoms with Crippen molar-refractivity contribution >= 4 is 23.9 Å². The number of rotatable bonds is 8. The predicted octanol–water partition coefficient (Wildman–Crippen LogP) is 0.970. The SMILES string of the molecule is [2H]C(C)(C)C(=O)O[C@H]1[C@H](OC(=O)C([2H])(C)C)[C@@H](OC(=O)C([2H])(C)C)C(O)O[C@@H]1COC(C)=O. The summed E-state index contributed by atoms with van der Waals surface area (Å²) < 4.78 is 49.7. The molecule has 0 bridgehead atoms. The van der Waals surface area contributed by atoms with Gasteiger partial charge in [0.15, 0.2) is 24.6 Å². The Morgan fingerprint density at radius 2 is 1.23 bits per heavy atom. The van der Waals surface area contributed by atoms with E-state index in [1.807, 2.05) is 0 Å². The van der Waals surface area contributed by atoms with Crippen LogP contribution >= 0.6 is 0 Å². The predicted molar refractivity (Wildman–Crippen MR) is 102 cm³/mol. The summed E-state index contributed by atoms with van der Waals surface area (Å²) in [5.41, 5.74) is 0. The third kappa shape index (κ3) is 7.24. The Balaban J connectivity index is 3.46. The highest BCUT2D eigenvalue weighted by atomic mass is 16.7. The van der Waals surface area contributed by atoms with E-state index in [0.29, 0.717) is 0 Å². The smallest absolute Gasteiger partial charge is 0.308 e. The normalized spacial score (nSPS) is 28.9. The summed E-state index contributed by atoms with van der Waals surface area (Å²) in [7, 11) is 0. The largest absolute Gasteiger partial charge is 0.463 e. The molecule has 172 valence electrons. The van der Waals surface area contributed by atoms with Crippen LogP contribution in [0.4, 0.5) is 0 Å².